The van der Waals surface area contributed by atoms with Crippen LogP contribution in [0.5, 0.6) is 0 Å². The Morgan fingerprint density at radius 2 is 1.00 bits per heavy atom. The maximum atomic E-state index is 0. The Bertz CT molecular complexity index is 8.00. The average molecular weight is 189 g/mol. The van der Waals surface area contributed by atoms with Crippen LogP contribution in [0.1, 0.15) is 0 Å². The first-order chi connectivity index (χ1) is 0. The SMILES string of the molecule is [Ca].[Fe].[Si].[Zn]. The minimum absolute atomic E-state index is 0. The summed E-state index contributed by atoms with van der Waals surface area (Å²) in [5, 5.41) is 0. The quantitative estimate of drug-likeness (QED) is 0.439. The second kappa shape index (κ2) is 17.5. The molecule has 0 aliphatic heterocycles. The molecule has 0 rings (SSSR count). The van der Waals surface area contributed by atoms with Crippen molar-refractivity contribution >= 4 is 48.7 Å². The molecule has 6 radical (unpaired) electrons. The third-order valence-electron chi connectivity index (χ3n) is 0. The molecule has 0 N–H and O–H groups in total. The normalized spacial score (nSPS) is 0. The van der Waals surface area contributed by atoms with Crippen molar-refractivity contribution in [2.75, 3.05) is 0 Å². The molecular weight excluding hydrogens is 189 g/mol. The van der Waals surface area contributed by atoms with Gasteiger partial charge >= 0.3 is 0 Å². The van der Waals surface area contributed by atoms with Gasteiger partial charge in [-0.15, -0.1) is 0 Å². The van der Waals surface area contributed by atoms with Gasteiger partial charge in [-0.05, 0) is 0 Å². The Morgan fingerprint density at radius 3 is 1.00 bits per heavy atom. The van der Waals surface area contributed by atoms with Crippen LogP contribution < -0.4 is 0 Å². The van der Waals surface area contributed by atoms with Crippen LogP contribution in [0.2, 0.25) is 0 Å². The van der Waals surface area contributed by atoms with Crippen molar-refractivity contribution in [3.63, 3.8) is 0 Å². The zero-order valence-electron chi connectivity index (χ0n) is 2.27. The van der Waals surface area contributed by atoms with E-state index in [0.717, 1.165) is 0 Å². The van der Waals surface area contributed by atoms with Crippen LogP contribution in [0.4, 0.5) is 0 Å². The van der Waals surface area contributed by atoms with Gasteiger partial charge in [0.2, 0.25) is 0 Å². The molecule has 0 unspecified atom stereocenters. The van der Waals surface area contributed by atoms with Crippen molar-refractivity contribution < 1.29 is 36.5 Å². The molecule has 0 atom stereocenters. The summed E-state index contributed by atoms with van der Waals surface area (Å²) in [6, 6.07) is 0. The maximum absolute atomic E-state index is 0. The van der Waals surface area contributed by atoms with Crippen molar-refractivity contribution in [1.29, 1.82) is 0 Å². The third-order valence-corrected chi connectivity index (χ3v) is 0. The molecular formula is CaFeSiZn. The van der Waals surface area contributed by atoms with E-state index in [9.17, 15) is 0 Å². The van der Waals surface area contributed by atoms with E-state index in [2.05, 4.69) is 0 Å². The molecule has 0 saturated heterocycles. The molecule has 0 aromatic heterocycles. The minimum atomic E-state index is 0. The zero-order chi connectivity index (χ0) is 0. The summed E-state index contributed by atoms with van der Waals surface area (Å²) in [4.78, 5) is 0. The smallest absolute Gasteiger partial charge is 0 e. The van der Waals surface area contributed by atoms with Gasteiger partial charge in [0.05, 0.1) is 0 Å². The summed E-state index contributed by atoms with van der Waals surface area (Å²) in [6.07, 6.45) is 0. The summed E-state index contributed by atoms with van der Waals surface area (Å²) in [5.41, 5.74) is 0. The number of hydrogen-bond donors (Lipinski definition) is 0. The predicted octanol–water partition coefficient (Wildman–Crippen LogP) is -0.767. The van der Waals surface area contributed by atoms with E-state index in [0.29, 0.717) is 0 Å². The van der Waals surface area contributed by atoms with Gasteiger partial charge in [0, 0.05) is 85.3 Å². The zero-order valence-corrected chi connectivity index (χ0v) is 9.55. The number of hydrogen-bond acceptors (Lipinski definition) is 0. The van der Waals surface area contributed by atoms with Crippen LogP contribution in [0, 0.1) is 0 Å². The van der Waals surface area contributed by atoms with Gasteiger partial charge in [0.15, 0.2) is 0 Å². The van der Waals surface area contributed by atoms with Gasteiger partial charge in [-0.3, -0.25) is 0 Å². The molecule has 4 heteroatoms. The Balaban J connectivity index is 0. The van der Waals surface area contributed by atoms with E-state index in [1.54, 1.807) is 0 Å². The van der Waals surface area contributed by atoms with Crippen molar-refractivity contribution in [1.82, 2.24) is 0 Å². The van der Waals surface area contributed by atoms with Crippen LogP contribution >= 0.6 is 0 Å². The molecule has 0 aromatic rings. The van der Waals surface area contributed by atoms with Crippen molar-refractivity contribution in [2.24, 2.45) is 0 Å². The number of rotatable bonds is 0. The molecule has 0 amide bonds. The molecule has 16 valence electrons. The standard InChI is InChI=1S/Ca.Fe.Si.Zn. The Hall–Kier alpha value is 2.62. The van der Waals surface area contributed by atoms with Crippen LogP contribution in [0.3, 0.4) is 0 Å². The fourth-order valence-electron chi connectivity index (χ4n) is 0. The van der Waals surface area contributed by atoms with E-state index < -0.39 is 0 Å². The first-order valence-corrected chi connectivity index (χ1v) is 0. The van der Waals surface area contributed by atoms with E-state index >= 15 is 0 Å². The van der Waals surface area contributed by atoms with Crippen molar-refractivity contribution in [3.05, 3.63) is 0 Å². The van der Waals surface area contributed by atoms with E-state index in [-0.39, 0.29) is 85.3 Å². The summed E-state index contributed by atoms with van der Waals surface area (Å²) < 4.78 is 0. The predicted molar refractivity (Wildman–Crippen MR) is 11.5 cm³/mol. The topological polar surface area (TPSA) is 0 Å². The molecule has 0 aliphatic carbocycles. The van der Waals surface area contributed by atoms with Crippen molar-refractivity contribution in [2.45, 2.75) is 0 Å². The van der Waals surface area contributed by atoms with Gasteiger partial charge < -0.3 is 0 Å². The second-order valence-corrected chi connectivity index (χ2v) is 0. The summed E-state index contributed by atoms with van der Waals surface area (Å²) in [7, 11) is 0. The van der Waals surface area contributed by atoms with Gasteiger partial charge in [0.1, 0.15) is 0 Å². The van der Waals surface area contributed by atoms with Crippen LogP contribution in [-0.2, 0) is 36.5 Å². The van der Waals surface area contributed by atoms with Crippen LogP contribution in [0.25, 0.3) is 0 Å². The van der Waals surface area contributed by atoms with E-state index in [4.69, 9.17) is 0 Å². The Morgan fingerprint density at radius 1 is 1.00 bits per heavy atom. The molecule has 0 saturated carbocycles. The van der Waals surface area contributed by atoms with Crippen molar-refractivity contribution in [3.8, 4) is 0 Å². The van der Waals surface area contributed by atoms with Gasteiger partial charge in [-0.1, -0.05) is 0 Å². The fourth-order valence-corrected chi connectivity index (χ4v) is 0. The monoisotopic (exact) mass is 188 g/mol. The Kier molecular flexibility index (Phi) is 133. The van der Waals surface area contributed by atoms with Gasteiger partial charge in [-0.25, -0.2) is 0 Å². The largest absolute Gasteiger partial charge is 0 e. The summed E-state index contributed by atoms with van der Waals surface area (Å²) >= 11 is 0. The van der Waals surface area contributed by atoms with Crippen LogP contribution in [-0.4, -0.2) is 48.7 Å². The molecule has 4 heavy (non-hydrogen) atoms. The molecule has 0 nitrogen and oxygen atoms in total. The first kappa shape index (κ1) is 30.5. The van der Waals surface area contributed by atoms with E-state index in [1.165, 1.54) is 0 Å². The molecule has 0 spiro atoms. The summed E-state index contributed by atoms with van der Waals surface area (Å²) in [6.45, 7) is 0. The van der Waals surface area contributed by atoms with E-state index in [1.807, 2.05) is 0 Å². The average Bonchev–Trinajstić information content (AvgIpc) is 0. The molecule has 0 fully saturated rings. The fraction of sp³-hybridized carbons (Fsp3) is 0. The maximum Gasteiger partial charge on any atom is 0 e. The van der Waals surface area contributed by atoms with Crippen LogP contribution in [0.15, 0.2) is 0 Å². The molecule has 0 heterocycles. The second-order valence-electron chi connectivity index (χ2n) is 0. The van der Waals surface area contributed by atoms with Gasteiger partial charge in [-0.2, -0.15) is 0 Å². The van der Waals surface area contributed by atoms with Gasteiger partial charge in [0.25, 0.3) is 0 Å². The third kappa shape index (κ3) is 8.82. The minimum Gasteiger partial charge on any atom is 0 e. The Labute approximate surface area is 83.7 Å². The molecule has 0 bridgehead atoms. The molecule has 0 aliphatic rings. The summed E-state index contributed by atoms with van der Waals surface area (Å²) in [5.74, 6) is 0. The molecule has 0 aromatic carbocycles. The first-order valence-electron chi connectivity index (χ1n) is 0.